The van der Waals surface area contributed by atoms with Gasteiger partial charge in [0.15, 0.2) is 0 Å². The van der Waals surface area contributed by atoms with Gasteiger partial charge in [0, 0.05) is 10.9 Å². The summed E-state index contributed by atoms with van der Waals surface area (Å²) in [6, 6.07) is 11.1. The number of ether oxygens (including phenoxy) is 1. The van der Waals surface area contributed by atoms with E-state index in [1.807, 2.05) is 0 Å². The van der Waals surface area contributed by atoms with Gasteiger partial charge in [0.1, 0.15) is 28.4 Å². The monoisotopic (exact) mass is 312 g/mol. The fourth-order valence-electron chi connectivity index (χ4n) is 2.33. The van der Waals surface area contributed by atoms with E-state index in [9.17, 15) is 15.0 Å². The van der Waals surface area contributed by atoms with Crippen LogP contribution in [0.25, 0.3) is 22.3 Å². The van der Waals surface area contributed by atoms with Gasteiger partial charge in [-0.25, -0.2) is 4.79 Å². The van der Waals surface area contributed by atoms with E-state index in [0.717, 1.165) is 5.56 Å². The zero-order chi connectivity index (χ0) is 16.6. The molecule has 0 atom stereocenters. The summed E-state index contributed by atoms with van der Waals surface area (Å²) in [5.74, 6) is 0.103. The van der Waals surface area contributed by atoms with Gasteiger partial charge in [-0.3, -0.25) is 0 Å². The summed E-state index contributed by atoms with van der Waals surface area (Å²) in [6.45, 7) is 3.50. The summed E-state index contributed by atoms with van der Waals surface area (Å²) in [4.78, 5) is 12.2. The summed E-state index contributed by atoms with van der Waals surface area (Å²) < 4.78 is 11.0. The highest BCUT2D eigenvalue weighted by atomic mass is 16.5. The number of carbonyl (C=O) groups is 1. The van der Waals surface area contributed by atoms with E-state index in [2.05, 4.69) is 0 Å². The molecule has 0 amide bonds. The van der Waals surface area contributed by atoms with Crippen molar-refractivity contribution in [3.8, 4) is 22.8 Å². The van der Waals surface area contributed by atoms with Crippen LogP contribution in [0.2, 0.25) is 0 Å². The topological polar surface area (TPSA) is 79.9 Å². The van der Waals surface area contributed by atoms with E-state index in [4.69, 9.17) is 9.15 Å². The summed E-state index contributed by atoms with van der Waals surface area (Å²) in [5.41, 5.74) is 1.29. The lowest BCUT2D eigenvalue weighted by Gasteiger charge is -2.08. The molecule has 0 bridgehead atoms. The van der Waals surface area contributed by atoms with Gasteiger partial charge in [-0.2, -0.15) is 0 Å². The number of rotatable bonds is 3. The molecule has 1 heterocycles. The van der Waals surface area contributed by atoms with Gasteiger partial charge in [0.05, 0.1) is 6.10 Å². The molecule has 2 N–H and O–H groups in total. The molecule has 0 fully saturated rings. The van der Waals surface area contributed by atoms with Crippen LogP contribution in [-0.2, 0) is 4.74 Å². The normalized spacial score (nSPS) is 11.1. The number of fused-ring (bicyclic) bond motifs is 1. The first kappa shape index (κ1) is 15.0. The molecule has 0 radical (unpaired) electrons. The fourth-order valence-corrected chi connectivity index (χ4v) is 2.33. The number of aromatic hydroxyl groups is 2. The third-order valence-electron chi connectivity index (χ3n) is 3.32. The van der Waals surface area contributed by atoms with Crippen LogP contribution in [0.5, 0.6) is 11.5 Å². The second kappa shape index (κ2) is 5.68. The molecule has 0 aliphatic heterocycles. The van der Waals surface area contributed by atoms with Crippen LogP contribution in [0.3, 0.4) is 0 Å². The molecule has 23 heavy (non-hydrogen) atoms. The van der Waals surface area contributed by atoms with Crippen LogP contribution in [0, 0.1) is 0 Å². The molecule has 2 aromatic carbocycles. The van der Waals surface area contributed by atoms with Gasteiger partial charge in [0.2, 0.25) is 0 Å². The van der Waals surface area contributed by atoms with E-state index in [1.165, 1.54) is 12.1 Å². The predicted molar refractivity (Wildman–Crippen MR) is 85.5 cm³/mol. The second-order valence-corrected chi connectivity index (χ2v) is 5.52. The molecule has 0 unspecified atom stereocenters. The number of hydrogen-bond donors (Lipinski definition) is 2. The minimum absolute atomic E-state index is 0.0359. The van der Waals surface area contributed by atoms with Gasteiger partial charge in [-0.1, -0.05) is 0 Å². The molecule has 0 aliphatic rings. The molecule has 0 saturated heterocycles. The van der Waals surface area contributed by atoms with E-state index in [-0.39, 0.29) is 23.2 Å². The molecule has 1 aromatic heterocycles. The summed E-state index contributed by atoms with van der Waals surface area (Å²) in [6.07, 6.45) is -0.272. The minimum atomic E-state index is -0.549. The number of benzene rings is 2. The quantitative estimate of drug-likeness (QED) is 0.712. The van der Waals surface area contributed by atoms with Crippen molar-refractivity contribution in [2.75, 3.05) is 0 Å². The van der Waals surface area contributed by atoms with Crippen molar-refractivity contribution in [2.45, 2.75) is 20.0 Å². The Labute approximate surface area is 132 Å². The third kappa shape index (κ3) is 2.99. The Bertz CT molecular complexity index is 859. The van der Waals surface area contributed by atoms with Gasteiger partial charge in [0.25, 0.3) is 0 Å². The molecule has 0 aliphatic carbocycles. The highest BCUT2D eigenvalue weighted by Crippen LogP contribution is 2.33. The Morgan fingerprint density at radius 2 is 1.74 bits per heavy atom. The minimum Gasteiger partial charge on any atom is -0.508 e. The van der Waals surface area contributed by atoms with Gasteiger partial charge in [-0.15, -0.1) is 0 Å². The Kier molecular flexibility index (Phi) is 3.70. The van der Waals surface area contributed by atoms with Gasteiger partial charge >= 0.3 is 5.97 Å². The highest BCUT2D eigenvalue weighted by molar-refractivity contribution is 6.03. The number of phenolic OH excluding ortho intramolecular Hbond substituents is 2. The van der Waals surface area contributed by atoms with E-state index < -0.39 is 5.97 Å². The SMILES string of the molecule is CC(C)OC(=O)c1cc(O)cc2cc(-c3ccc(O)cc3)oc12. The number of furan rings is 1. The maximum Gasteiger partial charge on any atom is 0.342 e. The lowest BCUT2D eigenvalue weighted by molar-refractivity contribution is 0.0378. The van der Waals surface area contributed by atoms with E-state index in [1.54, 1.807) is 44.2 Å². The van der Waals surface area contributed by atoms with Crippen molar-refractivity contribution in [3.63, 3.8) is 0 Å². The Morgan fingerprint density at radius 3 is 2.39 bits per heavy atom. The first-order valence-electron chi connectivity index (χ1n) is 7.21. The van der Waals surface area contributed by atoms with Crippen molar-refractivity contribution < 1.29 is 24.2 Å². The van der Waals surface area contributed by atoms with Crippen LogP contribution < -0.4 is 0 Å². The zero-order valence-electron chi connectivity index (χ0n) is 12.7. The van der Waals surface area contributed by atoms with Crippen molar-refractivity contribution in [1.29, 1.82) is 0 Å². The Morgan fingerprint density at radius 1 is 1.04 bits per heavy atom. The third-order valence-corrected chi connectivity index (χ3v) is 3.32. The number of phenols is 2. The smallest absolute Gasteiger partial charge is 0.342 e. The largest absolute Gasteiger partial charge is 0.508 e. The first-order chi connectivity index (χ1) is 10.9. The average molecular weight is 312 g/mol. The molecule has 0 spiro atoms. The summed E-state index contributed by atoms with van der Waals surface area (Å²) in [5, 5.41) is 19.8. The molecule has 3 aromatic rings. The van der Waals surface area contributed by atoms with Crippen LogP contribution in [0.15, 0.2) is 46.9 Å². The highest BCUT2D eigenvalue weighted by Gasteiger charge is 2.19. The Balaban J connectivity index is 2.11. The van der Waals surface area contributed by atoms with E-state index >= 15 is 0 Å². The molecular weight excluding hydrogens is 296 g/mol. The van der Waals surface area contributed by atoms with Gasteiger partial charge in [-0.05, 0) is 56.3 Å². The molecule has 0 saturated carbocycles. The molecule has 3 rings (SSSR count). The van der Waals surface area contributed by atoms with Crippen molar-refractivity contribution in [2.24, 2.45) is 0 Å². The fraction of sp³-hybridized carbons (Fsp3) is 0.167. The first-order valence-corrected chi connectivity index (χ1v) is 7.21. The maximum absolute atomic E-state index is 12.2. The number of carbonyl (C=O) groups excluding carboxylic acids is 1. The van der Waals surface area contributed by atoms with Crippen LogP contribution in [0.1, 0.15) is 24.2 Å². The van der Waals surface area contributed by atoms with Crippen LogP contribution in [-0.4, -0.2) is 22.3 Å². The van der Waals surface area contributed by atoms with Gasteiger partial charge < -0.3 is 19.4 Å². The van der Waals surface area contributed by atoms with Crippen molar-refractivity contribution in [3.05, 3.63) is 48.0 Å². The lowest BCUT2D eigenvalue weighted by Crippen LogP contribution is -2.11. The molecule has 5 heteroatoms. The van der Waals surface area contributed by atoms with Crippen molar-refractivity contribution >= 4 is 16.9 Å². The number of esters is 1. The molecular formula is C18H16O5. The van der Waals surface area contributed by atoms with E-state index in [0.29, 0.717) is 16.7 Å². The van der Waals surface area contributed by atoms with Crippen LogP contribution >= 0.6 is 0 Å². The number of hydrogen-bond acceptors (Lipinski definition) is 5. The predicted octanol–water partition coefficient (Wildman–Crippen LogP) is 4.08. The summed E-state index contributed by atoms with van der Waals surface area (Å²) >= 11 is 0. The van der Waals surface area contributed by atoms with Crippen molar-refractivity contribution in [1.82, 2.24) is 0 Å². The standard InChI is InChI=1S/C18H16O5/c1-10(2)22-18(21)15-9-14(20)7-12-8-16(23-17(12)15)11-3-5-13(19)6-4-11/h3-10,19-20H,1-2H3. The average Bonchev–Trinajstić information content (AvgIpc) is 2.89. The second-order valence-electron chi connectivity index (χ2n) is 5.52. The van der Waals surface area contributed by atoms with Crippen LogP contribution in [0.4, 0.5) is 0 Å². The lowest BCUT2D eigenvalue weighted by atomic mass is 10.1. The maximum atomic E-state index is 12.2. The Hall–Kier alpha value is -2.95. The molecule has 5 nitrogen and oxygen atoms in total. The molecule has 118 valence electrons. The zero-order valence-corrected chi connectivity index (χ0v) is 12.7. The summed E-state index contributed by atoms with van der Waals surface area (Å²) in [7, 11) is 0.